The molecule has 1 amide bonds. The van der Waals surface area contributed by atoms with Crippen LogP contribution in [0.4, 0.5) is 0 Å². The molecule has 0 aliphatic rings. The molecule has 1 aromatic heterocycles. The first-order valence-corrected chi connectivity index (χ1v) is 11.4. The molecule has 35 heavy (non-hydrogen) atoms. The molecule has 176 valence electrons. The van der Waals surface area contributed by atoms with Gasteiger partial charge in [0.2, 0.25) is 5.88 Å². The first-order chi connectivity index (χ1) is 16.9. The maximum atomic E-state index is 13.2. The highest BCUT2D eigenvalue weighted by atomic mass is 79.9. The number of amides is 1. The van der Waals surface area contributed by atoms with E-state index in [4.69, 9.17) is 4.74 Å². The second-order valence-electron chi connectivity index (χ2n) is 7.40. The van der Waals surface area contributed by atoms with Crippen LogP contribution in [0.3, 0.4) is 0 Å². The van der Waals surface area contributed by atoms with Crippen LogP contribution in [0.2, 0.25) is 0 Å². The van der Waals surface area contributed by atoms with E-state index < -0.39 is 17.4 Å². The van der Waals surface area contributed by atoms with E-state index in [2.05, 4.69) is 26.5 Å². The lowest BCUT2D eigenvalue weighted by Gasteiger charge is -2.14. The van der Waals surface area contributed by atoms with Gasteiger partial charge < -0.3 is 9.84 Å². The minimum atomic E-state index is -0.483. The summed E-state index contributed by atoms with van der Waals surface area (Å²) in [6, 6.07) is 19.6. The van der Waals surface area contributed by atoms with Gasteiger partial charge in [0.25, 0.3) is 11.5 Å². The molecule has 0 spiro atoms. The van der Waals surface area contributed by atoms with Crippen molar-refractivity contribution in [2.45, 2.75) is 6.92 Å². The number of hydrazone groups is 1. The van der Waals surface area contributed by atoms with Crippen LogP contribution in [0.15, 0.2) is 87.2 Å². The Kier molecular flexibility index (Phi) is 7.07. The van der Waals surface area contributed by atoms with Gasteiger partial charge in [-0.25, -0.2) is 14.8 Å². The van der Waals surface area contributed by atoms with Crippen molar-refractivity contribution in [3.63, 3.8) is 0 Å². The van der Waals surface area contributed by atoms with Gasteiger partial charge in [0.15, 0.2) is 0 Å². The topological polar surface area (TPSA) is 110 Å². The lowest BCUT2D eigenvalue weighted by Crippen LogP contribution is -2.21. The van der Waals surface area contributed by atoms with E-state index >= 15 is 0 Å². The second-order valence-corrected chi connectivity index (χ2v) is 8.31. The summed E-state index contributed by atoms with van der Waals surface area (Å²) in [5, 5.41) is 15.9. The van der Waals surface area contributed by atoms with Crippen LogP contribution in [0.5, 0.6) is 5.88 Å². The highest BCUT2D eigenvalue weighted by molar-refractivity contribution is 9.10. The zero-order chi connectivity index (χ0) is 24.9. The van der Waals surface area contributed by atoms with E-state index in [1.165, 1.54) is 18.3 Å². The van der Waals surface area contributed by atoms with Crippen molar-refractivity contribution in [2.75, 3.05) is 6.61 Å². The molecule has 8 nitrogen and oxygen atoms in total. The van der Waals surface area contributed by atoms with Gasteiger partial charge >= 0.3 is 5.97 Å². The highest BCUT2D eigenvalue weighted by Gasteiger charge is 2.17. The Morgan fingerprint density at radius 2 is 1.63 bits per heavy atom. The Labute approximate surface area is 208 Å². The van der Waals surface area contributed by atoms with E-state index in [-0.39, 0.29) is 18.1 Å². The van der Waals surface area contributed by atoms with Crippen LogP contribution in [0, 0.1) is 0 Å². The van der Waals surface area contributed by atoms with Crippen molar-refractivity contribution in [3.05, 3.63) is 104 Å². The van der Waals surface area contributed by atoms with Crippen molar-refractivity contribution >= 4 is 44.8 Å². The molecule has 1 heterocycles. The van der Waals surface area contributed by atoms with E-state index in [1.807, 2.05) is 0 Å². The number of nitrogens with zero attached hydrogens (tertiary/aromatic N) is 2. The number of ether oxygens (including phenoxy) is 1. The molecule has 0 bridgehead atoms. The number of pyridine rings is 1. The standard InChI is InChI=1S/C26H20BrN3O5/c1-2-35-26(34)17-9-13-19(14-10-17)30-24(32)21-6-4-3-5-20(21)22(25(30)33)15-28-29-23(31)16-7-11-18(27)12-8-16/h3-15,33H,2H2,1H3,(H,29,31). The number of aromatic nitrogens is 1. The summed E-state index contributed by atoms with van der Waals surface area (Å²) in [7, 11) is 0. The fourth-order valence-corrected chi connectivity index (χ4v) is 3.78. The number of nitrogens with one attached hydrogen (secondary N) is 1. The number of hydrogen-bond acceptors (Lipinski definition) is 6. The zero-order valence-electron chi connectivity index (χ0n) is 18.6. The van der Waals surface area contributed by atoms with Gasteiger partial charge in [0.1, 0.15) is 0 Å². The van der Waals surface area contributed by atoms with Gasteiger partial charge in [-0.05, 0) is 61.5 Å². The Morgan fingerprint density at radius 1 is 1.00 bits per heavy atom. The fraction of sp³-hybridized carbons (Fsp3) is 0.0769. The SMILES string of the molecule is CCOC(=O)c1ccc(-n2c(O)c(C=NNC(=O)c3ccc(Br)cc3)c3ccccc3c2=O)cc1. The minimum Gasteiger partial charge on any atom is -0.494 e. The van der Waals surface area contributed by atoms with Crippen LogP contribution in [-0.2, 0) is 4.74 Å². The molecule has 0 aliphatic heterocycles. The predicted octanol–water partition coefficient (Wildman–Crippen LogP) is 4.40. The maximum Gasteiger partial charge on any atom is 0.338 e. The van der Waals surface area contributed by atoms with Gasteiger partial charge in [0.05, 0.1) is 29.6 Å². The summed E-state index contributed by atoms with van der Waals surface area (Å²) in [6.45, 7) is 1.95. The Morgan fingerprint density at radius 3 is 2.29 bits per heavy atom. The number of benzene rings is 3. The molecule has 4 rings (SSSR count). The number of hydrogen-bond donors (Lipinski definition) is 2. The number of fused-ring (bicyclic) bond motifs is 1. The number of carbonyl (C=O) groups is 2. The average molecular weight is 534 g/mol. The molecule has 4 aromatic rings. The number of halogens is 1. The van der Waals surface area contributed by atoms with Crippen LogP contribution in [0.1, 0.15) is 33.2 Å². The van der Waals surface area contributed by atoms with E-state index in [1.54, 1.807) is 67.6 Å². The quantitative estimate of drug-likeness (QED) is 0.217. The first-order valence-electron chi connectivity index (χ1n) is 10.6. The molecular weight excluding hydrogens is 514 g/mol. The van der Waals surface area contributed by atoms with Gasteiger partial charge in [-0.3, -0.25) is 9.59 Å². The zero-order valence-corrected chi connectivity index (χ0v) is 20.2. The van der Waals surface area contributed by atoms with Crippen molar-refractivity contribution in [1.82, 2.24) is 9.99 Å². The lowest BCUT2D eigenvalue weighted by molar-refractivity contribution is 0.0526. The summed E-state index contributed by atoms with van der Waals surface area (Å²) in [6.07, 6.45) is 1.29. The lowest BCUT2D eigenvalue weighted by atomic mass is 10.1. The second kappa shape index (κ2) is 10.4. The minimum absolute atomic E-state index is 0.241. The number of esters is 1. The summed E-state index contributed by atoms with van der Waals surface area (Å²) >= 11 is 3.32. The Balaban J connectivity index is 1.73. The van der Waals surface area contributed by atoms with Crippen molar-refractivity contribution in [2.24, 2.45) is 5.10 Å². The maximum absolute atomic E-state index is 13.2. The van der Waals surface area contributed by atoms with E-state index in [0.29, 0.717) is 27.6 Å². The summed E-state index contributed by atoms with van der Waals surface area (Å²) in [5.74, 6) is -1.27. The smallest absolute Gasteiger partial charge is 0.338 e. The van der Waals surface area contributed by atoms with Crippen molar-refractivity contribution in [3.8, 4) is 11.6 Å². The molecule has 0 radical (unpaired) electrons. The van der Waals surface area contributed by atoms with E-state index in [0.717, 1.165) is 9.04 Å². The molecule has 0 saturated heterocycles. The molecule has 0 fully saturated rings. The third kappa shape index (κ3) is 4.99. The normalized spacial score (nSPS) is 11.0. The monoisotopic (exact) mass is 533 g/mol. The Hall–Kier alpha value is -4.24. The fourth-order valence-electron chi connectivity index (χ4n) is 3.51. The largest absolute Gasteiger partial charge is 0.494 e. The number of carbonyl (C=O) groups excluding carboxylic acids is 2. The third-order valence-electron chi connectivity index (χ3n) is 5.21. The highest BCUT2D eigenvalue weighted by Crippen LogP contribution is 2.26. The predicted molar refractivity (Wildman–Crippen MR) is 136 cm³/mol. The van der Waals surface area contributed by atoms with Gasteiger partial charge in [-0.15, -0.1) is 0 Å². The molecule has 0 saturated carbocycles. The van der Waals surface area contributed by atoms with E-state index in [9.17, 15) is 19.5 Å². The van der Waals surface area contributed by atoms with Gasteiger partial charge in [-0.1, -0.05) is 34.1 Å². The first kappa shape index (κ1) is 23.9. The number of aromatic hydroxyl groups is 1. The summed E-state index contributed by atoms with van der Waals surface area (Å²) in [5.41, 5.74) is 3.30. The van der Waals surface area contributed by atoms with Crippen LogP contribution >= 0.6 is 15.9 Å². The molecule has 9 heteroatoms. The molecule has 3 aromatic carbocycles. The summed E-state index contributed by atoms with van der Waals surface area (Å²) < 4.78 is 6.95. The molecule has 2 N–H and O–H groups in total. The van der Waals surface area contributed by atoms with Crippen molar-refractivity contribution < 1.29 is 19.4 Å². The van der Waals surface area contributed by atoms with Crippen LogP contribution in [0.25, 0.3) is 16.5 Å². The molecule has 0 unspecified atom stereocenters. The van der Waals surface area contributed by atoms with Crippen LogP contribution in [-0.4, -0.2) is 34.4 Å². The van der Waals surface area contributed by atoms with Crippen LogP contribution < -0.4 is 11.0 Å². The third-order valence-corrected chi connectivity index (χ3v) is 5.73. The molecular formula is C26H20BrN3O5. The van der Waals surface area contributed by atoms with Gasteiger partial charge in [0, 0.05) is 20.8 Å². The number of rotatable bonds is 6. The van der Waals surface area contributed by atoms with Crippen molar-refractivity contribution in [1.29, 1.82) is 0 Å². The Bertz CT molecular complexity index is 1490. The van der Waals surface area contributed by atoms with Gasteiger partial charge in [-0.2, -0.15) is 5.10 Å². The summed E-state index contributed by atoms with van der Waals surface area (Å²) in [4.78, 5) is 37.5. The molecule has 0 atom stereocenters. The molecule has 0 aliphatic carbocycles. The average Bonchev–Trinajstić information content (AvgIpc) is 2.87.